The van der Waals surface area contributed by atoms with E-state index in [0.29, 0.717) is 23.6 Å². The van der Waals surface area contributed by atoms with Crippen molar-refractivity contribution in [1.29, 1.82) is 0 Å². The van der Waals surface area contributed by atoms with Gasteiger partial charge in [0.15, 0.2) is 0 Å². The molecule has 0 saturated carbocycles. The van der Waals surface area contributed by atoms with Gasteiger partial charge in [0.05, 0.1) is 25.0 Å². The molecule has 0 heterocycles. The van der Waals surface area contributed by atoms with Gasteiger partial charge in [-0.2, -0.15) is 0 Å². The Morgan fingerprint density at radius 2 is 1.88 bits per heavy atom. The van der Waals surface area contributed by atoms with E-state index in [1.165, 1.54) is 11.8 Å². The van der Waals surface area contributed by atoms with Crippen LogP contribution >= 0.6 is 11.8 Å². The monoisotopic (exact) mass is 373 g/mol. The van der Waals surface area contributed by atoms with Crippen molar-refractivity contribution < 1.29 is 19.1 Å². The number of nitrogens with one attached hydrogen (secondary N) is 1. The van der Waals surface area contributed by atoms with Gasteiger partial charge in [-0.15, -0.1) is 11.8 Å². The summed E-state index contributed by atoms with van der Waals surface area (Å²) in [6.45, 7) is 4.34. The Labute approximate surface area is 158 Å². The molecule has 2 aromatic rings. The fraction of sp³-hybridized carbons (Fsp3) is 0.300. The number of carbonyl (C=O) groups is 2. The highest BCUT2D eigenvalue weighted by atomic mass is 32.2. The minimum absolute atomic E-state index is 0.159. The standard InChI is InChI=1S/C20H23NO4S/c1-14(2)12-25-20(23)17-9-4-5-10-18(17)26-13-19(22)21-15-7-6-8-16(11-15)24-3/h4-11,14H,12-13H2,1-3H3,(H,21,22). The van der Waals surface area contributed by atoms with Crippen molar-refractivity contribution in [2.75, 3.05) is 24.8 Å². The summed E-state index contributed by atoms with van der Waals surface area (Å²) in [4.78, 5) is 25.1. The molecule has 0 bridgehead atoms. The lowest BCUT2D eigenvalue weighted by Gasteiger charge is -2.11. The highest BCUT2D eigenvalue weighted by Crippen LogP contribution is 2.24. The number of esters is 1. The predicted molar refractivity (Wildman–Crippen MR) is 104 cm³/mol. The molecule has 0 spiro atoms. The Bertz CT molecular complexity index is 761. The maximum absolute atomic E-state index is 12.2. The van der Waals surface area contributed by atoms with E-state index < -0.39 is 0 Å². The Morgan fingerprint density at radius 1 is 1.12 bits per heavy atom. The van der Waals surface area contributed by atoms with Crippen molar-refractivity contribution in [2.24, 2.45) is 5.92 Å². The van der Waals surface area contributed by atoms with Crippen LogP contribution in [0.1, 0.15) is 24.2 Å². The summed E-state index contributed by atoms with van der Waals surface area (Å²) >= 11 is 1.30. The summed E-state index contributed by atoms with van der Waals surface area (Å²) in [6.07, 6.45) is 0. The van der Waals surface area contributed by atoms with Gasteiger partial charge in [0, 0.05) is 16.6 Å². The van der Waals surface area contributed by atoms with Crippen LogP contribution in [0.15, 0.2) is 53.4 Å². The molecule has 138 valence electrons. The number of methoxy groups -OCH3 is 1. The lowest BCUT2D eigenvalue weighted by molar-refractivity contribution is -0.113. The van der Waals surface area contributed by atoms with E-state index >= 15 is 0 Å². The van der Waals surface area contributed by atoms with E-state index in [1.807, 2.05) is 38.1 Å². The van der Waals surface area contributed by atoms with E-state index in [0.717, 1.165) is 4.90 Å². The molecule has 6 heteroatoms. The number of hydrogen-bond donors (Lipinski definition) is 1. The Kier molecular flexibility index (Phi) is 7.53. The molecule has 0 aliphatic carbocycles. The molecule has 26 heavy (non-hydrogen) atoms. The van der Waals surface area contributed by atoms with Gasteiger partial charge in [-0.05, 0) is 30.2 Å². The molecule has 0 unspecified atom stereocenters. The van der Waals surface area contributed by atoms with Crippen LogP contribution in [-0.4, -0.2) is 31.3 Å². The van der Waals surface area contributed by atoms with E-state index in [4.69, 9.17) is 9.47 Å². The summed E-state index contributed by atoms with van der Waals surface area (Å²) in [5, 5.41) is 2.82. The van der Waals surface area contributed by atoms with Gasteiger partial charge in [0.1, 0.15) is 5.75 Å². The molecular weight excluding hydrogens is 350 g/mol. The predicted octanol–water partition coefficient (Wildman–Crippen LogP) is 4.24. The normalized spacial score (nSPS) is 10.5. The molecule has 0 aliphatic rings. The first-order chi connectivity index (χ1) is 12.5. The quantitative estimate of drug-likeness (QED) is 0.554. The van der Waals surface area contributed by atoms with E-state index in [9.17, 15) is 9.59 Å². The lowest BCUT2D eigenvalue weighted by atomic mass is 10.2. The molecule has 0 radical (unpaired) electrons. The van der Waals surface area contributed by atoms with Crippen LogP contribution in [0.25, 0.3) is 0 Å². The van der Waals surface area contributed by atoms with Gasteiger partial charge in [0.25, 0.3) is 0 Å². The minimum atomic E-state index is -0.366. The fourth-order valence-electron chi connectivity index (χ4n) is 2.12. The summed E-state index contributed by atoms with van der Waals surface area (Å²) in [7, 11) is 1.58. The largest absolute Gasteiger partial charge is 0.497 e. The van der Waals surface area contributed by atoms with Crippen molar-refractivity contribution in [3.63, 3.8) is 0 Å². The Morgan fingerprint density at radius 3 is 2.62 bits per heavy atom. The van der Waals surface area contributed by atoms with Gasteiger partial charge in [-0.1, -0.05) is 32.0 Å². The van der Waals surface area contributed by atoms with Gasteiger partial charge in [-0.3, -0.25) is 4.79 Å². The molecule has 0 aromatic heterocycles. The second kappa shape index (κ2) is 9.87. The third-order valence-corrected chi connectivity index (χ3v) is 4.44. The molecule has 1 N–H and O–H groups in total. The average Bonchev–Trinajstić information content (AvgIpc) is 2.64. The maximum atomic E-state index is 12.2. The molecule has 0 fully saturated rings. The third-order valence-electron chi connectivity index (χ3n) is 3.37. The molecule has 0 atom stereocenters. The summed E-state index contributed by atoms with van der Waals surface area (Å²) < 4.78 is 10.4. The summed E-state index contributed by atoms with van der Waals surface area (Å²) in [5.41, 5.74) is 1.15. The van der Waals surface area contributed by atoms with Crippen LogP contribution in [-0.2, 0) is 9.53 Å². The second-order valence-electron chi connectivity index (χ2n) is 6.06. The van der Waals surface area contributed by atoms with Crippen molar-refractivity contribution in [1.82, 2.24) is 0 Å². The van der Waals surface area contributed by atoms with Crippen molar-refractivity contribution in [2.45, 2.75) is 18.7 Å². The molecule has 0 aliphatic heterocycles. The number of carbonyl (C=O) groups excluding carboxylic acids is 2. The van der Waals surface area contributed by atoms with Gasteiger partial charge in [-0.25, -0.2) is 4.79 Å². The van der Waals surface area contributed by atoms with Gasteiger partial charge < -0.3 is 14.8 Å². The third kappa shape index (κ3) is 6.11. The number of benzene rings is 2. The second-order valence-corrected chi connectivity index (χ2v) is 7.07. The molecule has 1 amide bonds. The molecular formula is C20H23NO4S. The van der Waals surface area contributed by atoms with E-state index in [-0.39, 0.29) is 23.5 Å². The van der Waals surface area contributed by atoms with Crippen LogP contribution in [0, 0.1) is 5.92 Å². The summed E-state index contributed by atoms with van der Waals surface area (Å²) in [6, 6.07) is 14.3. The average molecular weight is 373 g/mol. The van der Waals surface area contributed by atoms with Crippen LogP contribution in [0.2, 0.25) is 0 Å². The molecule has 0 saturated heterocycles. The highest BCUT2D eigenvalue weighted by molar-refractivity contribution is 8.00. The summed E-state index contributed by atoms with van der Waals surface area (Å²) in [5.74, 6) is 0.607. The first-order valence-corrected chi connectivity index (χ1v) is 9.31. The van der Waals surface area contributed by atoms with Crippen molar-refractivity contribution in [3.8, 4) is 5.75 Å². The van der Waals surface area contributed by atoms with E-state index in [1.54, 1.807) is 31.4 Å². The fourth-order valence-corrected chi connectivity index (χ4v) is 2.96. The number of hydrogen-bond acceptors (Lipinski definition) is 5. The zero-order valence-corrected chi connectivity index (χ0v) is 16.0. The van der Waals surface area contributed by atoms with Crippen LogP contribution < -0.4 is 10.1 Å². The number of ether oxygens (including phenoxy) is 2. The van der Waals surface area contributed by atoms with Crippen molar-refractivity contribution >= 4 is 29.3 Å². The minimum Gasteiger partial charge on any atom is -0.497 e. The van der Waals surface area contributed by atoms with Gasteiger partial charge >= 0.3 is 5.97 Å². The topological polar surface area (TPSA) is 64.6 Å². The van der Waals surface area contributed by atoms with E-state index in [2.05, 4.69) is 5.32 Å². The molecule has 2 rings (SSSR count). The molecule has 2 aromatic carbocycles. The van der Waals surface area contributed by atoms with Crippen LogP contribution in [0.4, 0.5) is 5.69 Å². The highest BCUT2D eigenvalue weighted by Gasteiger charge is 2.14. The molecule has 5 nitrogen and oxygen atoms in total. The Hall–Kier alpha value is -2.47. The number of rotatable bonds is 8. The zero-order valence-electron chi connectivity index (χ0n) is 15.2. The Balaban J connectivity index is 1.96. The van der Waals surface area contributed by atoms with Crippen LogP contribution in [0.3, 0.4) is 0 Å². The SMILES string of the molecule is COc1cccc(NC(=O)CSc2ccccc2C(=O)OCC(C)C)c1. The smallest absolute Gasteiger partial charge is 0.339 e. The first kappa shape index (κ1) is 19.8. The van der Waals surface area contributed by atoms with Gasteiger partial charge in [0.2, 0.25) is 5.91 Å². The number of anilines is 1. The number of amides is 1. The maximum Gasteiger partial charge on any atom is 0.339 e. The lowest BCUT2D eigenvalue weighted by Crippen LogP contribution is -2.15. The van der Waals surface area contributed by atoms with Crippen molar-refractivity contribution in [3.05, 3.63) is 54.1 Å². The number of thioether (sulfide) groups is 1. The first-order valence-electron chi connectivity index (χ1n) is 8.32. The van der Waals surface area contributed by atoms with Crippen LogP contribution in [0.5, 0.6) is 5.75 Å². The zero-order chi connectivity index (χ0) is 18.9.